The summed E-state index contributed by atoms with van der Waals surface area (Å²) < 4.78 is 5.33. The number of nitrogens with zero attached hydrogens (tertiary/aromatic N) is 3. The number of aryl methyl sites for hydroxylation is 1. The van der Waals surface area contributed by atoms with Gasteiger partial charge in [0.05, 0.1) is 17.9 Å². The Hall–Kier alpha value is -1.63. The molecule has 0 saturated heterocycles. The van der Waals surface area contributed by atoms with Gasteiger partial charge in [-0.15, -0.1) is 0 Å². The molecule has 1 aromatic rings. The summed E-state index contributed by atoms with van der Waals surface area (Å²) in [5.74, 6) is 0. The molecule has 1 aromatic heterocycles. The average Bonchev–Trinajstić information content (AvgIpc) is 2.82. The number of nitrogens with one attached hydrogen (secondary N) is 2. The molecule has 2 rings (SSSR count). The van der Waals surface area contributed by atoms with Crippen molar-refractivity contribution in [3.63, 3.8) is 0 Å². The number of aromatic nitrogens is 3. The van der Waals surface area contributed by atoms with Gasteiger partial charge in [-0.25, -0.2) is 4.79 Å². The molecule has 1 saturated carbocycles. The highest BCUT2D eigenvalue weighted by Gasteiger charge is 2.49. The predicted molar refractivity (Wildman–Crippen MR) is 87.9 cm³/mol. The molecule has 1 aliphatic rings. The van der Waals surface area contributed by atoms with Gasteiger partial charge in [0.25, 0.3) is 0 Å². The molecule has 3 unspecified atom stereocenters. The topological polar surface area (TPSA) is 81.1 Å². The zero-order chi connectivity index (χ0) is 17.4. The van der Waals surface area contributed by atoms with Crippen LogP contribution < -0.4 is 10.6 Å². The summed E-state index contributed by atoms with van der Waals surface area (Å²) in [5, 5.41) is 15.0. The van der Waals surface area contributed by atoms with Crippen molar-refractivity contribution in [2.24, 2.45) is 12.5 Å². The van der Waals surface area contributed by atoms with Crippen molar-refractivity contribution in [2.45, 2.75) is 71.7 Å². The third-order valence-corrected chi connectivity index (χ3v) is 4.47. The highest BCUT2D eigenvalue weighted by molar-refractivity contribution is 5.68. The molecule has 130 valence electrons. The smallest absolute Gasteiger partial charge is 0.407 e. The van der Waals surface area contributed by atoms with E-state index >= 15 is 0 Å². The van der Waals surface area contributed by atoms with Gasteiger partial charge in [0.1, 0.15) is 5.60 Å². The van der Waals surface area contributed by atoms with Crippen LogP contribution in [-0.4, -0.2) is 38.8 Å². The molecule has 2 N–H and O–H groups in total. The lowest BCUT2D eigenvalue weighted by atomic mass is 9.62. The number of hydrogen-bond donors (Lipinski definition) is 2. The Morgan fingerprint density at radius 1 is 1.43 bits per heavy atom. The quantitative estimate of drug-likeness (QED) is 0.887. The van der Waals surface area contributed by atoms with Crippen LogP contribution in [0.4, 0.5) is 4.79 Å². The van der Waals surface area contributed by atoms with Gasteiger partial charge in [0.15, 0.2) is 0 Å². The highest BCUT2D eigenvalue weighted by Crippen LogP contribution is 2.41. The third kappa shape index (κ3) is 4.22. The minimum Gasteiger partial charge on any atom is -0.444 e. The maximum absolute atomic E-state index is 11.9. The van der Waals surface area contributed by atoms with Crippen molar-refractivity contribution in [3.05, 3.63) is 11.9 Å². The summed E-state index contributed by atoms with van der Waals surface area (Å²) in [7, 11) is 1.81. The highest BCUT2D eigenvalue weighted by atomic mass is 16.6. The Labute approximate surface area is 138 Å². The third-order valence-electron chi connectivity index (χ3n) is 4.47. The number of carbonyl (C=O) groups is 1. The summed E-state index contributed by atoms with van der Waals surface area (Å²) in [4.78, 5) is 13.5. The number of carbonyl (C=O) groups excluding carboxylic acids is 1. The molecular weight excluding hydrogens is 294 g/mol. The Morgan fingerprint density at radius 2 is 2.09 bits per heavy atom. The van der Waals surface area contributed by atoms with Crippen molar-refractivity contribution < 1.29 is 9.53 Å². The fourth-order valence-corrected chi connectivity index (χ4v) is 2.85. The molecule has 23 heavy (non-hydrogen) atoms. The van der Waals surface area contributed by atoms with Gasteiger partial charge in [-0.1, -0.05) is 13.8 Å². The van der Waals surface area contributed by atoms with E-state index in [-0.39, 0.29) is 23.6 Å². The molecule has 3 atom stereocenters. The summed E-state index contributed by atoms with van der Waals surface area (Å²) in [6, 6.07) is 0.527. The number of ether oxygens (including phenoxy) is 1. The Bertz CT molecular complexity index is 561. The second-order valence-corrected chi connectivity index (χ2v) is 7.96. The van der Waals surface area contributed by atoms with Crippen LogP contribution in [0.5, 0.6) is 0 Å². The van der Waals surface area contributed by atoms with Crippen molar-refractivity contribution in [2.75, 3.05) is 0 Å². The first-order valence-electron chi connectivity index (χ1n) is 8.11. The fourth-order valence-electron chi connectivity index (χ4n) is 2.85. The minimum atomic E-state index is -0.476. The van der Waals surface area contributed by atoms with E-state index in [1.54, 1.807) is 11.0 Å². The van der Waals surface area contributed by atoms with Crippen LogP contribution in [0.25, 0.3) is 0 Å². The molecule has 0 aromatic carbocycles. The van der Waals surface area contributed by atoms with Crippen LogP contribution in [0.15, 0.2) is 6.20 Å². The largest absolute Gasteiger partial charge is 0.444 e. The van der Waals surface area contributed by atoms with Gasteiger partial charge in [0.2, 0.25) is 0 Å². The molecule has 1 heterocycles. The molecule has 1 amide bonds. The Morgan fingerprint density at radius 3 is 2.57 bits per heavy atom. The number of alkyl carbamates (subject to hydrolysis) is 1. The van der Waals surface area contributed by atoms with Gasteiger partial charge < -0.3 is 15.4 Å². The second-order valence-electron chi connectivity index (χ2n) is 7.96. The molecule has 0 radical (unpaired) electrons. The van der Waals surface area contributed by atoms with Gasteiger partial charge >= 0.3 is 6.09 Å². The van der Waals surface area contributed by atoms with E-state index in [2.05, 4.69) is 41.6 Å². The summed E-state index contributed by atoms with van der Waals surface area (Å²) in [5.41, 5.74) is 0.399. The van der Waals surface area contributed by atoms with E-state index in [1.807, 2.05) is 27.8 Å². The van der Waals surface area contributed by atoms with E-state index in [1.165, 1.54) is 0 Å². The summed E-state index contributed by atoms with van der Waals surface area (Å²) in [6.45, 7) is 12.0. The molecule has 0 spiro atoms. The van der Waals surface area contributed by atoms with Crippen LogP contribution >= 0.6 is 0 Å². The number of hydrogen-bond acceptors (Lipinski definition) is 5. The van der Waals surface area contributed by atoms with Gasteiger partial charge in [-0.3, -0.25) is 0 Å². The lowest BCUT2D eigenvalue weighted by Crippen LogP contribution is -2.66. The molecular formula is C16H29N5O2. The van der Waals surface area contributed by atoms with Crippen LogP contribution in [0, 0.1) is 5.41 Å². The van der Waals surface area contributed by atoms with Crippen LogP contribution in [0.3, 0.4) is 0 Å². The van der Waals surface area contributed by atoms with Crippen molar-refractivity contribution in [3.8, 4) is 0 Å². The molecule has 7 heteroatoms. The molecule has 1 fully saturated rings. The van der Waals surface area contributed by atoms with E-state index < -0.39 is 5.60 Å². The van der Waals surface area contributed by atoms with Crippen LogP contribution in [0.2, 0.25) is 0 Å². The van der Waals surface area contributed by atoms with Crippen molar-refractivity contribution >= 4 is 6.09 Å². The normalized spacial score (nSPS) is 24.7. The van der Waals surface area contributed by atoms with E-state index in [4.69, 9.17) is 4.74 Å². The first-order valence-corrected chi connectivity index (χ1v) is 8.11. The summed E-state index contributed by atoms with van der Waals surface area (Å²) in [6.07, 6.45) is 2.30. The average molecular weight is 323 g/mol. The molecule has 1 aliphatic carbocycles. The minimum absolute atomic E-state index is 0.0482. The van der Waals surface area contributed by atoms with Crippen LogP contribution in [0.1, 0.15) is 59.7 Å². The monoisotopic (exact) mass is 323 g/mol. The zero-order valence-electron chi connectivity index (χ0n) is 15.2. The van der Waals surface area contributed by atoms with Gasteiger partial charge in [0, 0.05) is 24.5 Å². The maximum atomic E-state index is 11.9. The molecule has 0 aliphatic heterocycles. The zero-order valence-corrected chi connectivity index (χ0v) is 15.2. The molecule has 7 nitrogen and oxygen atoms in total. The molecule has 0 bridgehead atoms. The standard InChI is InChI=1S/C16H29N5O2/c1-10(11-9-17-21(7)20-11)18-12-8-13(16(12,5)6)19-14(22)23-15(2,3)4/h9-10,12-13,18H,8H2,1-7H3,(H,19,22). The van der Waals surface area contributed by atoms with Crippen molar-refractivity contribution in [1.82, 2.24) is 25.6 Å². The fraction of sp³-hybridized carbons (Fsp3) is 0.812. The van der Waals surface area contributed by atoms with Gasteiger partial charge in [-0.05, 0) is 34.1 Å². The SMILES string of the molecule is CC(NC1CC(NC(=O)OC(C)(C)C)C1(C)C)c1cnn(C)n1. The number of amides is 1. The Kier molecular flexibility index (Phi) is 4.71. The van der Waals surface area contributed by atoms with E-state index in [0.29, 0.717) is 6.04 Å². The first kappa shape index (κ1) is 17.7. The lowest BCUT2D eigenvalue weighted by molar-refractivity contribution is 0.0138. The van der Waals surface area contributed by atoms with Crippen molar-refractivity contribution in [1.29, 1.82) is 0 Å². The Balaban J connectivity index is 1.87. The van der Waals surface area contributed by atoms with Crippen LogP contribution in [-0.2, 0) is 11.8 Å². The van der Waals surface area contributed by atoms with E-state index in [0.717, 1.165) is 12.1 Å². The number of rotatable bonds is 4. The second kappa shape index (κ2) is 6.11. The predicted octanol–water partition coefficient (Wildman–Crippen LogP) is 2.16. The summed E-state index contributed by atoms with van der Waals surface area (Å²) >= 11 is 0. The lowest BCUT2D eigenvalue weighted by Gasteiger charge is -2.53. The van der Waals surface area contributed by atoms with Gasteiger partial charge in [-0.2, -0.15) is 15.0 Å². The maximum Gasteiger partial charge on any atom is 0.407 e. The first-order chi connectivity index (χ1) is 10.5. The van der Waals surface area contributed by atoms with E-state index in [9.17, 15) is 4.79 Å².